The number of carboxylic acid groups (broad SMARTS) is 2. The van der Waals surface area contributed by atoms with E-state index in [1.54, 1.807) is 42.5 Å². The molecule has 33 heavy (non-hydrogen) atoms. The number of hydrogen-bond donors (Lipinski definition) is 2. The van der Waals surface area contributed by atoms with Gasteiger partial charge in [-0.3, -0.25) is 9.69 Å². The van der Waals surface area contributed by atoms with Crippen LogP contribution in [0.1, 0.15) is 24.0 Å². The van der Waals surface area contributed by atoms with Crippen molar-refractivity contribution in [3.8, 4) is 11.5 Å². The molecule has 0 saturated carbocycles. The maximum Gasteiger partial charge on any atom is 0.408 e. The van der Waals surface area contributed by atoms with Crippen LogP contribution >= 0.6 is 23.2 Å². The summed E-state index contributed by atoms with van der Waals surface area (Å²) in [4.78, 5) is 24.9. The largest absolute Gasteiger partial charge is 0.490 e. The topological polar surface area (TPSA) is 96.3 Å². The van der Waals surface area contributed by atoms with Crippen molar-refractivity contribution in [3.05, 3.63) is 63.6 Å². The van der Waals surface area contributed by atoms with E-state index in [1.807, 2.05) is 6.92 Å². The molecular weight excluding hydrogens is 469 g/mol. The van der Waals surface area contributed by atoms with Gasteiger partial charge < -0.3 is 19.7 Å². The van der Waals surface area contributed by atoms with Gasteiger partial charge in [-0.1, -0.05) is 41.4 Å². The Morgan fingerprint density at radius 1 is 1.03 bits per heavy atom. The number of carboxylic acids is 1. The monoisotopic (exact) mass is 491 g/mol. The van der Waals surface area contributed by atoms with Crippen LogP contribution in [0.5, 0.6) is 11.5 Å². The number of aliphatic carboxylic acids is 1. The smallest absolute Gasteiger partial charge is 0.408 e. The first-order valence-corrected chi connectivity index (χ1v) is 11.3. The molecule has 2 heterocycles. The molecule has 0 radical (unpaired) electrons. The van der Waals surface area contributed by atoms with Crippen molar-refractivity contribution in [2.75, 3.05) is 13.2 Å². The molecule has 2 aliphatic heterocycles. The molecule has 2 bridgehead atoms. The molecule has 1 unspecified atom stereocenters. The lowest BCUT2D eigenvalue weighted by Gasteiger charge is -2.36. The van der Waals surface area contributed by atoms with Crippen LogP contribution in [0.3, 0.4) is 0 Å². The number of ether oxygens (including phenoxy) is 2. The van der Waals surface area contributed by atoms with Crippen LogP contribution in [0.4, 0.5) is 4.79 Å². The first-order valence-electron chi connectivity index (χ1n) is 10.5. The molecule has 0 aromatic heterocycles. The Hall–Kier alpha value is -2.90. The summed E-state index contributed by atoms with van der Waals surface area (Å²) in [6.07, 6.45) is 1.85. The van der Waals surface area contributed by atoms with Crippen LogP contribution in [0.25, 0.3) is 5.57 Å². The van der Waals surface area contributed by atoms with Crippen molar-refractivity contribution in [2.45, 2.75) is 31.8 Å². The lowest BCUT2D eigenvalue weighted by atomic mass is 9.84. The number of amides is 1. The fourth-order valence-electron chi connectivity index (χ4n) is 4.60. The SMILES string of the molecule is Cc1cc(Cl)c(OCCOc2ccc(C3=C[C@@H]4CC[C@H](C3C(=O)O)N4C(=O)O)cc2)c(Cl)c1. The molecule has 0 spiro atoms. The van der Waals surface area contributed by atoms with Crippen molar-refractivity contribution in [1.82, 2.24) is 4.90 Å². The van der Waals surface area contributed by atoms with Gasteiger partial charge in [0, 0.05) is 0 Å². The van der Waals surface area contributed by atoms with Gasteiger partial charge in [0.25, 0.3) is 0 Å². The quantitative estimate of drug-likeness (QED) is 0.505. The summed E-state index contributed by atoms with van der Waals surface area (Å²) in [5.74, 6) is -0.911. The number of carbonyl (C=O) groups is 2. The third-order valence-electron chi connectivity index (χ3n) is 5.98. The van der Waals surface area contributed by atoms with E-state index in [9.17, 15) is 19.8 Å². The second-order valence-corrected chi connectivity index (χ2v) is 8.93. The minimum Gasteiger partial charge on any atom is -0.490 e. The van der Waals surface area contributed by atoms with E-state index in [0.29, 0.717) is 40.0 Å². The lowest BCUT2D eigenvalue weighted by Crippen LogP contribution is -2.48. The fraction of sp³-hybridized carbons (Fsp3) is 0.333. The molecule has 2 aromatic rings. The van der Waals surface area contributed by atoms with Crippen molar-refractivity contribution in [2.24, 2.45) is 5.92 Å². The Labute approximate surface area is 201 Å². The Morgan fingerprint density at radius 2 is 1.67 bits per heavy atom. The third kappa shape index (κ3) is 4.75. The van der Waals surface area contributed by atoms with Gasteiger partial charge in [-0.05, 0) is 60.7 Å². The van der Waals surface area contributed by atoms with Gasteiger partial charge in [0.2, 0.25) is 0 Å². The normalized spacial score (nSPS) is 21.5. The predicted molar refractivity (Wildman–Crippen MR) is 124 cm³/mol. The van der Waals surface area contributed by atoms with Crippen molar-refractivity contribution >= 4 is 40.8 Å². The molecule has 2 aliphatic rings. The summed E-state index contributed by atoms with van der Waals surface area (Å²) in [5, 5.41) is 20.2. The number of hydrogen-bond acceptors (Lipinski definition) is 4. The fourth-order valence-corrected chi connectivity index (χ4v) is 5.31. The van der Waals surface area contributed by atoms with Crippen molar-refractivity contribution in [3.63, 3.8) is 0 Å². The molecule has 1 fully saturated rings. The number of halogens is 2. The Morgan fingerprint density at radius 3 is 2.27 bits per heavy atom. The van der Waals surface area contributed by atoms with E-state index in [1.165, 1.54) is 4.90 Å². The summed E-state index contributed by atoms with van der Waals surface area (Å²) in [6, 6.07) is 9.79. The van der Waals surface area contributed by atoms with Crippen LogP contribution in [-0.2, 0) is 4.79 Å². The summed E-state index contributed by atoms with van der Waals surface area (Å²) in [5.41, 5.74) is 2.33. The highest BCUT2D eigenvalue weighted by Gasteiger charge is 2.48. The maximum absolute atomic E-state index is 12.0. The standard InChI is InChI=1S/C24H23Cl2NO6/c1-13-10-18(25)22(19(26)11-13)33-9-8-32-16-5-2-14(3-6-16)17-12-15-4-7-20(21(17)23(28)29)27(15)24(30)31/h2-3,5-6,10-12,15,20-21H,4,7-9H2,1H3,(H,28,29)(H,30,31)/t15-,20+,21?/m0/s1. The molecular formula is C24H23Cl2NO6. The van der Waals surface area contributed by atoms with E-state index in [0.717, 1.165) is 11.1 Å². The van der Waals surface area contributed by atoms with Crippen LogP contribution in [0, 0.1) is 12.8 Å². The number of rotatable bonds is 7. The van der Waals surface area contributed by atoms with Gasteiger partial charge in [0.05, 0.1) is 22.1 Å². The molecule has 1 saturated heterocycles. The number of nitrogens with zero attached hydrogens (tertiary/aromatic N) is 1. The second-order valence-electron chi connectivity index (χ2n) is 8.12. The minimum absolute atomic E-state index is 0.241. The molecule has 0 aliphatic carbocycles. The van der Waals surface area contributed by atoms with E-state index < -0.39 is 24.0 Å². The molecule has 1 amide bonds. The number of aryl methyl sites for hydroxylation is 1. The second kappa shape index (κ2) is 9.53. The van der Waals surface area contributed by atoms with Crippen LogP contribution in [0.15, 0.2) is 42.5 Å². The zero-order chi connectivity index (χ0) is 23.7. The number of benzene rings is 2. The van der Waals surface area contributed by atoms with Gasteiger partial charge in [0.15, 0.2) is 5.75 Å². The summed E-state index contributed by atoms with van der Waals surface area (Å²) in [6.45, 7) is 2.40. The van der Waals surface area contributed by atoms with Crippen molar-refractivity contribution in [1.29, 1.82) is 0 Å². The van der Waals surface area contributed by atoms with Gasteiger partial charge >= 0.3 is 12.1 Å². The van der Waals surface area contributed by atoms with E-state index in [-0.39, 0.29) is 19.3 Å². The molecule has 7 nitrogen and oxygen atoms in total. The Balaban J connectivity index is 1.41. The summed E-state index contributed by atoms with van der Waals surface area (Å²) in [7, 11) is 0. The summed E-state index contributed by atoms with van der Waals surface area (Å²) < 4.78 is 11.4. The average Bonchev–Trinajstić information content (AvgIpc) is 3.06. The molecule has 9 heteroatoms. The van der Waals surface area contributed by atoms with Crippen LogP contribution < -0.4 is 9.47 Å². The van der Waals surface area contributed by atoms with Gasteiger partial charge in [-0.2, -0.15) is 0 Å². The average molecular weight is 492 g/mol. The lowest BCUT2D eigenvalue weighted by molar-refractivity contribution is -0.141. The predicted octanol–water partition coefficient (Wildman–Crippen LogP) is 5.37. The highest BCUT2D eigenvalue weighted by atomic mass is 35.5. The van der Waals surface area contributed by atoms with Crippen LogP contribution in [0.2, 0.25) is 10.0 Å². The Kier molecular flexibility index (Phi) is 6.72. The van der Waals surface area contributed by atoms with E-state index in [4.69, 9.17) is 32.7 Å². The minimum atomic E-state index is -1.08. The molecule has 174 valence electrons. The molecule has 2 N–H and O–H groups in total. The first-order chi connectivity index (χ1) is 15.8. The molecule has 2 aromatic carbocycles. The van der Waals surface area contributed by atoms with E-state index in [2.05, 4.69) is 0 Å². The highest BCUT2D eigenvalue weighted by Crippen LogP contribution is 2.43. The zero-order valence-corrected chi connectivity index (χ0v) is 19.3. The number of fused-ring (bicyclic) bond motifs is 2. The Bertz CT molecular complexity index is 1080. The van der Waals surface area contributed by atoms with Crippen molar-refractivity contribution < 1.29 is 29.3 Å². The highest BCUT2D eigenvalue weighted by molar-refractivity contribution is 6.37. The third-order valence-corrected chi connectivity index (χ3v) is 6.54. The zero-order valence-electron chi connectivity index (χ0n) is 17.8. The van der Waals surface area contributed by atoms with Gasteiger partial charge in [-0.25, -0.2) is 4.79 Å². The molecule has 3 atom stereocenters. The van der Waals surface area contributed by atoms with Gasteiger partial charge in [0.1, 0.15) is 24.9 Å². The first kappa shape index (κ1) is 23.3. The van der Waals surface area contributed by atoms with Crippen LogP contribution in [-0.4, -0.2) is 52.5 Å². The van der Waals surface area contributed by atoms with E-state index >= 15 is 0 Å². The summed E-state index contributed by atoms with van der Waals surface area (Å²) >= 11 is 12.3. The maximum atomic E-state index is 12.0. The van der Waals surface area contributed by atoms with Gasteiger partial charge in [-0.15, -0.1) is 0 Å². The molecule has 4 rings (SSSR count).